The van der Waals surface area contributed by atoms with Gasteiger partial charge in [0.15, 0.2) is 0 Å². The quantitative estimate of drug-likeness (QED) is 0.427. The summed E-state index contributed by atoms with van der Waals surface area (Å²) in [6.07, 6.45) is -1.08. The fourth-order valence-corrected chi connectivity index (χ4v) is 1.34. The van der Waals surface area contributed by atoms with Crippen LogP contribution in [0.2, 0.25) is 0 Å². The molecule has 0 aliphatic heterocycles. The number of halogens is 5. The Morgan fingerprint density at radius 3 is 2.18 bits per heavy atom. The Kier molecular flexibility index (Phi) is 4.80. The van der Waals surface area contributed by atoms with E-state index in [2.05, 4.69) is 0 Å². The van der Waals surface area contributed by atoms with Crippen molar-refractivity contribution in [2.45, 2.75) is 23.6 Å². The lowest BCUT2D eigenvalue weighted by Crippen LogP contribution is -2.35. The Morgan fingerprint density at radius 2 is 1.65 bits per heavy atom. The van der Waals surface area contributed by atoms with Gasteiger partial charge in [-0.3, -0.25) is 0 Å². The third-order valence-electron chi connectivity index (χ3n) is 2.06. The van der Waals surface area contributed by atoms with Crippen molar-refractivity contribution in [2.75, 3.05) is 6.61 Å². The van der Waals surface area contributed by atoms with Gasteiger partial charge in [-0.05, 0) is 34.5 Å². The van der Waals surface area contributed by atoms with Crippen LogP contribution in [0.5, 0.6) is 5.75 Å². The van der Waals surface area contributed by atoms with Crippen LogP contribution in [-0.4, -0.2) is 17.4 Å². The minimum absolute atomic E-state index is 0.0251. The van der Waals surface area contributed by atoms with Crippen LogP contribution in [0.3, 0.4) is 0 Å². The molecule has 1 aromatic rings. The monoisotopic (exact) mass is 314 g/mol. The van der Waals surface area contributed by atoms with E-state index in [1.54, 1.807) is 46.3 Å². The van der Waals surface area contributed by atoms with Crippen molar-refractivity contribution in [1.82, 2.24) is 0 Å². The third-order valence-corrected chi connectivity index (χ3v) is 2.64. The molecule has 0 heterocycles. The molecule has 6 heteroatoms. The summed E-state index contributed by atoms with van der Waals surface area (Å²) in [7, 11) is 0. The highest BCUT2D eigenvalue weighted by molar-refractivity contribution is 9.10. The molecule has 0 aliphatic carbocycles. The summed E-state index contributed by atoms with van der Waals surface area (Å²) in [5.41, 5.74) is 0. The number of hydrogen-bond donors (Lipinski definition) is 0. The van der Waals surface area contributed by atoms with E-state index in [4.69, 9.17) is 4.74 Å². The molecule has 1 aromatic carbocycles. The maximum atomic E-state index is 12.8. The first-order valence-electron chi connectivity index (χ1n) is 4.95. The Balaban J connectivity index is 2.30. The van der Waals surface area contributed by atoms with Gasteiger partial charge in [0, 0.05) is 6.42 Å². The van der Waals surface area contributed by atoms with Gasteiger partial charge < -0.3 is 4.74 Å². The first-order chi connectivity index (χ1) is 7.83. The summed E-state index contributed by atoms with van der Waals surface area (Å²) in [6, 6.07) is 8.58. The number of ether oxygens (including phenoxy) is 1. The van der Waals surface area contributed by atoms with E-state index >= 15 is 0 Å². The predicted octanol–water partition coefficient (Wildman–Crippen LogP) is 4.47. The Morgan fingerprint density at radius 1 is 1.06 bits per heavy atom. The predicted molar refractivity (Wildman–Crippen MR) is 60.0 cm³/mol. The van der Waals surface area contributed by atoms with Gasteiger partial charge in [-0.25, -0.2) is 0 Å². The average molecular weight is 315 g/mol. The zero-order valence-electron chi connectivity index (χ0n) is 8.81. The summed E-state index contributed by atoms with van der Waals surface area (Å²) < 4.78 is 55.5. The van der Waals surface area contributed by atoms with Gasteiger partial charge in [0.2, 0.25) is 0 Å². The first-order valence-corrected chi connectivity index (χ1v) is 5.74. The van der Waals surface area contributed by atoms with E-state index < -0.39 is 17.2 Å². The van der Waals surface area contributed by atoms with Crippen LogP contribution >= 0.6 is 15.9 Å². The second kappa shape index (κ2) is 5.71. The zero-order chi connectivity index (χ0) is 12.9. The number of hydrogen-bond acceptors (Lipinski definition) is 1. The molecule has 1 nitrogen and oxygen atoms in total. The summed E-state index contributed by atoms with van der Waals surface area (Å²) in [5.74, 6) is -3.53. The molecule has 0 aliphatic rings. The van der Waals surface area contributed by atoms with Crippen molar-refractivity contribution < 1.29 is 22.3 Å². The standard InChI is InChI=1S/C11H11BrF4O/c12-11(15,16)10(13,14)7-4-8-17-9-5-2-1-3-6-9/h1-3,5-6H,4,7-8H2. The lowest BCUT2D eigenvalue weighted by atomic mass is 10.2. The van der Waals surface area contributed by atoms with E-state index in [0.717, 1.165) is 0 Å². The van der Waals surface area contributed by atoms with Gasteiger partial charge >= 0.3 is 10.8 Å². The van der Waals surface area contributed by atoms with E-state index in [0.29, 0.717) is 5.75 Å². The van der Waals surface area contributed by atoms with E-state index in [-0.39, 0.29) is 13.0 Å². The first kappa shape index (κ1) is 14.3. The minimum Gasteiger partial charge on any atom is -0.494 e. The fourth-order valence-electron chi connectivity index (χ4n) is 1.14. The largest absolute Gasteiger partial charge is 0.494 e. The molecule has 0 N–H and O–H groups in total. The van der Waals surface area contributed by atoms with Gasteiger partial charge in [0.1, 0.15) is 5.75 Å². The molecular formula is C11H11BrF4O. The summed E-state index contributed by atoms with van der Waals surface area (Å²) in [6.45, 7) is -0.0251. The second-order valence-electron chi connectivity index (χ2n) is 3.47. The highest BCUT2D eigenvalue weighted by atomic mass is 79.9. The van der Waals surface area contributed by atoms with Crippen molar-refractivity contribution in [3.8, 4) is 5.75 Å². The van der Waals surface area contributed by atoms with Crippen LogP contribution in [0.1, 0.15) is 12.8 Å². The highest BCUT2D eigenvalue weighted by Crippen LogP contribution is 2.42. The van der Waals surface area contributed by atoms with Crippen LogP contribution in [-0.2, 0) is 0 Å². The Bertz CT molecular complexity index is 337. The lowest BCUT2D eigenvalue weighted by Gasteiger charge is -2.21. The molecular weight excluding hydrogens is 304 g/mol. The Hall–Kier alpha value is -0.780. The van der Waals surface area contributed by atoms with Crippen LogP contribution < -0.4 is 4.74 Å². The van der Waals surface area contributed by atoms with E-state index in [1.807, 2.05) is 0 Å². The molecule has 0 amide bonds. The molecule has 0 spiro atoms. The van der Waals surface area contributed by atoms with E-state index in [1.165, 1.54) is 0 Å². The van der Waals surface area contributed by atoms with Gasteiger partial charge in [-0.2, -0.15) is 17.6 Å². The minimum atomic E-state index is -4.17. The summed E-state index contributed by atoms with van der Waals surface area (Å²) in [4.78, 5) is -4.17. The molecule has 1 rings (SSSR count). The number of para-hydroxylation sites is 1. The van der Waals surface area contributed by atoms with Crippen LogP contribution in [0, 0.1) is 0 Å². The van der Waals surface area contributed by atoms with Crippen molar-refractivity contribution in [2.24, 2.45) is 0 Å². The number of alkyl halides is 5. The molecule has 0 fully saturated rings. The van der Waals surface area contributed by atoms with Crippen molar-refractivity contribution in [3.05, 3.63) is 30.3 Å². The topological polar surface area (TPSA) is 9.23 Å². The second-order valence-corrected chi connectivity index (χ2v) is 4.46. The molecule has 0 bridgehead atoms. The van der Waals surface area contributed by atoms with Gasteiger partial charge in [-0.1, -0.05) is 18.2 Å². The molecule has 17 heavy (non-hydrogen) atoms. The zero-order valence-corrected chi connectivity index (χ0v) is 10.4. The molecule has 96 valence electrons. The Labute approximate surface area is 105 Å². The van der Waals surface area contributed by atoms with E-state index in [9.17, 15) is 17.6 Å². The van der Waals surface area contributed by atoms with Crippen LogP contribution in [0.25, 0.3) is 0 Å². The van der Waals surface area contributed by atoms with Crippen molar-refractivity contribution in [1.29, 1.82) is 0 Å². The number of rotatable bonds is 6. The maximum absolute atomic E-state index is 12.8. The summed E-state index contributed by atoms with van der Waals surface area (Å²) >= 11 is 1.67. The SMILES string of the molecule is FC(F)(Br)C(F)(F)CCCOc1ccccc1. The maximum Gasteiger partial charge on any atom is 0.363 e. The fraction of sp³-hybridized carbons (Fsp3) is 0.455. The number of benzene rings is 1. The normalized spacial score (nSPS) is 12.5. The van der Waals surface area contributed by atoms with Gasteiger partial charge in [0.05, 0.1) is 6.61 Å². The van der Waals surface area contributed by atoms with Crippen molar-refractivity contribution in [3.63, 3.8) is 0 Å². The smallest absolute Gasteiger partial charge is 0.363 e. The van der Waals surface area contributed by atoms with Gasteiger partial charge in [0.25, 0.3) is 0 Å². The molecule has 0 radical (unpaired) electrons. The molecule has 0 aromatic heterocycles. The summed E-state index contributed by atoms with van der Waals surface area (Å²) in [5, 5.41) is 0. The average Bonchev–Trinajstić information content (AvgIpc) is 2.24. The lowest BCUT2D eigenvalue weighted by molar-refractivity contribution is -0.152. The van der Waals surface area contributed by atoms with Crippen LogP contribution in [0.15, 0.2) is 30.3 Å². The van der Waals surface area contributed by atoms with Gasteiger partial charge in [-0.15, -0.1) is 0 Å². The molecule has 0 saturated heterocycles. The molecule has 0 atom stereocenters. The van der Waals surface area contributed by atoms with Crippen molar-refractivity contribution >= 4 is 15.9 Å². The van der Waals surface area contributed by atoms with Crippen LogP contribution in [0.4, 0.5) is 17.6 Å². The highest BCUT2D eigenvalue weighted by Gasteiger charge is 2.53. The molecule has 0 unspecified atom stereocenters. The molecule has 0 saturated carbocycles. The third kappa shape index (κ3) is 4.53.